The highest BCUT2D eigenvalue weighted by Gasteiger charge is 2.33. The number of allylic oxidation sites excluding steroid dienone is 2. The summed E-state index contributed by atoms with van der Waals surface area (Å²) in [5.74, 6) is 0.954. The summed E-state index contributed by atoms with van der Waals surface area (Å²) in [6, 6.07) is 14.2. The fourth-order valence-electron chi connectivity index (χ4n) is 5.07. The Kier molecular flexibility index (Phi) is 6.33. The van der Waals surface area contributed by atoms with E-state index in [1.54, 1.807) is 0 Å². The topological polar surface area (TPSA) is 44.7 Å². The molecule has 4 nitrogen and oxygen atoms in total. The second-order valence-corrected chi connectivity index (χ2v) is 9.73. The Balaban J connectivity index is 1.29. The Morgan fingerprint density at radius 2 is 1.97 bits per heavy atom. The first kappa shape index (κ1) is 22.3. The van der Waals surface area contributed by atoms with Gasteiger partial charge in [-0.25, -0.2) is 0 Å². The maximum atomic E-state index is 11.2. The van der Waals surface area contributed by atoms with Crippen molar-refractivity contribution in [3.05, 3.63) is 94.2 Å². The minimum absolute atomic E-state index is 0.165. The number of halogens is 1. The van der Waals surface area contributed by atoms with Gasteiger partial charge in [0.2, 0.25) is 0 Å². The molecule has 0 aliphatic carbocycles. The van der Waals surface area contributed by atoms with Crippen LogP contribution in [0, 0.1) is 6.92 Å². The Morgan fingerprint density at radius 3 is 2.76 bits per heavy atom. The molecule has 0 saturated carbocycles. The lowest BCUT2D eigenvalue weighted by Gasteiger charge is -2.38. The van der Waals surface area contributed by atoms with Gasteiger partial charge in [0.05, 0.1) is 11.6 Å². The standard InChI is InChI=1S/C28H31ClN2O2/c1-20-6-11-27-25(18-20)23(24-4-2-14-30-26(24)19-33-27)5-3-15-31-16-12-28(32,13-17-31)21-7-9-22(29)10-8-21/h2,4-11,14,18,26,30,32H,3,12-13,15-17,19H2,1H3/b23-5+. The average molecular weight is 463 g/mol. The molecule has 0 amide bonds. The molecule has 0 spiro atoms. The van der Waals surface area contributed by atoms with Crippen LogP contribution < -0.4 is 10.1 Å². The van der Waals surface area contributed by atoms with Gasteiger partial charge in [-0.15, -0.1) is 0 Å². The molecule has 3 aliphatic rings. The Labute approximate surface area is 201 Å². The number of aryl methyl sites for hydroxylation is 1. The molecule has 2 aromatic carbocycles. The molecule has 3 aliphatic heterocycles. The number of piperidine rings is 1. The van der Waals surface area contributed by atoms with E-state index in [1.165, 1.54) is 22.3 Å². The van der Waals surface area contributed by atoms with Crippen LogP contribution in [0.3, 0.4) is 0 Å². The monoisotopic (exact) mass is 462 g/mol. The first-order valence-corrected chi connectivity index (χ1v) is 12.2. The molecule has 172 valence electrons. The Morgan fingerprint density at radius 1 is 1.18 bits per heavy atom. The predicted molar refractivity (Wildman–Crippen MR) is 134 cm³/mol. The van der Waals surface area contributed by atoms with Gasteiger partial charge in [-0.2, -0.15) is 0 Å². The van der Waals surface area contributed by atoms with Gasteiger partial charge in [-0.3, -0.25) is 0 Å². The number of ether oxygens (including phenoxy) is 1. The molecule has 2 N–H and O–H groups in total. The summed E-state index contributed by atoms with van der Waals surface area (Å²) < 4.78 is 6.15. The van der Waals surface area contributed by atoms with Crippen molar-refractivity contribution in [3.63, 3.8) is 0 Å². The molecular formula is C28H31ClN2O2. The molecule has 1 unspecified atom stereocenters. The third-order valence-electron chi connectivity index (χ3n) is 7.05. The summed E-state index contributed by atoms with van der Waals surface area (Å²) in [5.41, 5.74) is 5.18. The highest BCUT2D eigenvalue weighted by molar-refractivity contribution is 6.30. The second kappa shape index (κ2) is 9.38. The van der Waals surface area contributed by atoms with Crippen molar-refractivity contribution < 1.29 is 9.84 Å². The third-order valence-corrected chi connectivity index (χ3v) is 7.30. The largest absolute Gasteiger partial charge is 0.490 e. The van der Waals surface area contributed by atoms with E-state index in [4.69, 9.17) is 16.3 Å². The molecule has 3 heterocycles. The zero-order valence-electron chi connectivity index (χ0n) is 19.1. The lowest BCUT2D eigenvalue weighted by molar-refractivity contribution is -0.0254. The maximum absolute atomic E-state index is 11.2. The summed E-state index contributed by atoms with van der Waals surface area (Å²) in [5, 5.41) is 15.3. The van der Waals surface area contributed by atoms with Crippen LogP contribution in [-0.4, -0.2) is 42.3 Å². The second-order valence-electron chi connectivity index (χ2n) is 9.30. The van der Waals surface area contributed by atoms with E-state index in [0.717, 1.165) is 50.2 Å². The summed E-state index contributed by atoms with van der Waals surface area (Å²) in [6.45, 7) is 5.50. The molecule has 0 aromatic heterocycles. The van der Waals surface area contributed by atoms with Crippen molar-refractivity contribution in [2.24, 2.45) is 0 Å². The van der Waals surface area contributed by atoms with E-state index in [9.17, 15) is 5.11 Å². The minimum Gasteiger partial charge on any atom is -0.490 e. The van der Waals surface area contributed by atoms with Gasteiger partial charge in [-0.1, -0.05) is 47.5 Å². The SMILES string of the molecule is Cc1ccc2c(c1)/C(=C/CCN1CCC(O)(c3ccc(Cl)cc3)CC1)C1=CC=CNC1CO2. The van der Waals surface area contributed by atoms with Gasteiger partial charge >= 0.3 is 0 Å². The average Bonchev–Trinajstić information content (AvgIpc) is 2.98. The van der Waals surface area contributed by atoms with Crippen molar-refractivity contribution in [3.8, 4) is 5.75 Å². The number of dihydropyridines is 1. The van der Waals surface area contributed by atoms with Crippen molar-refractivity contribution in [2.75, 3.05) is 26.2 Å². The molecular weight excluding hydrogens is 432 g/mol. The molecule has 1 fully saturated rings. The highest BCUT2D eigenvalue weighted by Crippen LogP contribution is 2.38. The van der Waals surface area contributed by atoms with Crippen LogP contribution in [0.25, 0.3) is 5.57 Å². The number of benzene rings is 2. The van der Waals surface area contributed by atoms with E-state index in [0.29, 0.717) is 11.6 Å². The number of hydrogen-bond acceptors (Lipinski definition) is 4. The van der Waals surface area contributed by atoms with Gasteiger partial charge in [0, 0.05) is 30.2 Å². The summed E-state index contributed by atoms with van der Waals surface area (Å²) >= 11 is 6.02. The van der Waals surface area contributed by atoms with Crippen LogP contribution in [0.15, 0.2) is 72.5 Å². The van der Waals surface area contributed by atoms with Crippen molar-refractivity contribution >= 4 is 17.2 Å². The molecule has 33 heavy (non-hydrogen) atoms. The number of nitrogens with one attached hydrogen (secondary N) is 1. The summed E-state index contributed by atoms with van der Waals surface area (Å²) in [4.78, 5) is 2.46. The number of rotatable bonds is 4. The van der Waals surface area contributed by atoms with Crippen molar-refractivity contribution in [2.45, 2.75) is 37.8 Å². The van der Waals surface area contributed by atoms with E-state index in [2.05, 4.69) is 53.6 Å². The molecule has 0 radical (unpaired) electrons. The number of fused-ring (bicyclic) bond motifs is 2. The minimum atomic E-state index is -0.757. The number of nitrogens with zero attached hydrogens (tertiary/aromatic N) is 1. The Bertz CT molecular complexity index is 1100. The maximum Gasteiger partial charge on any atom is 0.127 e. The molecule has 2 aromatic rings. The predicted octanol–water partition coefficient (Wildman–Crippen LogP) is 5.21. The van der Waals surface area contributed by atoms with Crippen molar-refractivity contribution in [1.29, 1.82) is 0 Å². The third kappa shape index (κ3) is 4.74. The van der Waals surface area contributed by atoms with Crippen LogP contribution in [0.5, 0.6) is 5.75 Å². The van der Waals surface area contributed by atoms with Crippen molar-refractivity contribution in [1.82, 2.24) is 10.2 Å². The first-order valence-electron chi connectivity index (χ1n) is 11.8. The first-order chi connectivity index (χ1) is 16.0. The zero-order valence-corrected chi connectivity index (χ0v) is 19.8. The van der Waals surface area contributed by atoms with Gasteiger partial charge in [-0.05, 0) is 79.4 Å². The van der Waals surface area contributed by atoms with Crippen LogP contribution >= 0.6 is 11.6 Å². The summed E-state index contributed by atoms with van der Waals surface area (Å²) in [6.07, 6.45) is 11.1. The van der Waals surface area contributed by atoms with Gasteiger partial charge in [0.15, 0.2) is 0 Å². The van der Waals surface area contributed by atoms with Gasteiger partial charge in [0.25, 0.3) is 0 Å². The van der Waals surface area contributed by atoms with Crippen LogP contribution in [0.2, 0.25) is 5.02 Å². The summed E-state index contributed by atoms with van der Waals surface area (Å²) in [7, 11) is 0. The fraction of sp³-hybridized carbons (Fsp3) is 0.357. The normalized spacial score (nSPS) is 23.1. The van der Waals surface area contributed by atoms with E-state index in [1.807, 2.05) is 30.5 Å². The Hall–Kier alpha value is -2.53. The lowest BCUT2D eigenvalue weighted by Crippen LogP contribution is -2.42. The molecule has 0 bridgehead atoms. The zero-order chi connectivity index (χ0) is 22.8. The number of likely N-dealkylation sites (tertiary alicyclic amines) is 1. The molecule has 1 saturated heterocycles. The molecule has 5 rings (SSSR count). The van der Waals surface area contributed by atoms with Crippen LogP contribution in [0.4, 0.5) is 0 Å². The number of aliphatic hydroxyl groups is 1. The van der Waals surface area contributed by atoms with E-state index >= 15 is 0 Å². The van der Waals surface area contributed by atoms with Gasteiger partial charge < -0.3 is 20.1 Å². The van der Waals surface area contributed by atoms with E-state index in [-0.39, 0.29) is 6.04 Å². The fourth-order valence-corrected chi connectivity index (χ4v) is 5.19. The van der Waals surface area contributed by atoms with Gasteiger partial charge in [0.1, 0.15) is 12.4 Å². The number of hydrogen-bond donors (Lipinski definition) is 2. The lowest BCUT2D eigenvalue weighted by atomic mass is 9.84. The van der Waals surface area contributed by atoms with E-state index < -0.39 is 5.60 Å². The molecule has 1 atom stereocenters. The van der Waals surface area contributed by atoms with Crippen LogP contribution in [-0.2, 0) is 5.60 Å². The molecule has 5 heteroatoms. The van der Waals surface area contributed by atoms with Crippen LogP contribution in [0.1, 0.15) is 36.0 Å². The highest BCUT2D eigenvalue weighted by atomic mass is 35.5. The quantitative estimate of drug-likeness (QED) is 0.654. The smallest absolute Gasteiger partial charge is 0.127 e.